The van der Waals surface area contributed by atoms with E-state index < -0.39 is 27.3 Å². The Morgan fingerprint density at radius 2 is 2.06 bits per heavy atom. The molecule has 3 aromatic rings. The van der Waals surface area contributed by atoms with Crippen LogP contribution in [0.4, 0.5) is 15.9 Å². The first-order valence-electron chi connectivity index (χ1n) is 9.63. The molecule has 2 aromatic heterocycles. The molecular weight excluding hydrogens is 443 g/mol. The maximum Gasteiger partial charge on any atom is 0.310 e. The SMILES string of the molecule is CC1(C)CN(c2ncc(F)cc2NS(=O)(=O)c2ccc3cc(C(=O)NO)oc3c2)CCO1. The molecule has 32 heavy (non-hydrogen) atoms. The minimum atomic E-state index is -4.15. The average Bonchev–Trinajstić information content (AvgIpc) is 3.15. The van der Waals surface area contributed by atoms with E-state index in [1.165, 1.54) is 29.7 Å². The number of hydrogen-bond donors (Lipinski definition) is 3. The predicted octanol–water partition coefficient (Wildman–Crippen LogP) is 2.50. The molecular formula is C20H21FN4O6S. The number of amides is 1. The van der Waals surface area contributed by atoms with Gasteiger partial charge in [0.2, 0.25) is 0 Å². The highest BCUT2D eigenvalue weighted by Gasteiger charge is 2.30. The highest BCUT2D eigenvalue weighted by molar-refractivity contribution is 7.92. The molecule has 12 heteroatoms. The van der Waals surface area contributed by atoms with Crippen molar-refractivity contribution in [3.8, 4) is 0 Å². The van der Waals surface area contributed by atoms with Crippen LogP contribution in [0, 0.1) is 5.82 Å². The van der Waals surface area contributed by atoms with E-state index in [1.807, 2.05) is 18.7 Å². The standard InChI is InChI=1S/C20H21FN4O6S/c1-20(2)11-25(5-6-30-20)18-15(8-13(21)10-22-18)24-32(28,29)14-4-3-12-7-17(19(26)23-27)31-16(12)9-14/h3-4,7-10,24,27H,5-6,11H2,1-2H3,(H,23,26). The van der Waals surface area contributed by atoms with E-state index in [1.54, 1.807) is 0 Å². The number of furan rings is 1. The molecule has 1 aromatic carbocycles. The smallest absolute Gasteiger partial charge is 0.310 e. The van der Waals surface area contributed by atoms with Gasteiger partial charge in [-0.1, -0.05) is 0 Å². The van der Waals surface area contributed by atoms with E-state index in [-0.39, 0.29) is 27.7 Å². The van der Waals surface area contributed by atoms with Gasteiger partial charge in [-0.05, 0) is 32.0 Å². The zero-order chi connectivity index (χ0) is 23.1. The molecule has 1 amide bonds. The summed E-state index contributed by atoms with van der Waals surface area (Å²) in [5.74, 6) is -1.46. The van der Waals surface area contributed by atoms with Gasteiger partial charge in [0.15, 0.2) is 11.6 Å². The van der Waals surface area contributed by atoms with Crippen molar-refractivity contribution in [1.82, 2.24) is 10.5 Å². The second kappa shape index (κ2) is 8.04. The molecule has 0 saturated carbocycles. The number of sulfonamides is 1. The van der Waals surface area contributed by atoms with Crippen LogP contribution in [0.15, 0.2) is 45.8 Å². The Morgan fingerprint density at radius 1 is 1.28 bits per heavy atom. The van der Waals surface area contributed by atoms with Crippen molar-refractivity contribution in [3.63, 3.8) is 0 Å². The van der Waals surface area contributed by atoms with Crippen molar-refractivity contribution < 1.29 is 32.0 Å². The molecule has 0 aliphatic carbocycles. The van der Waals surface area contributed by atoms with Gasteiger partial charge in [-0.2, -0.15) is 0 Å². The van der Waals surface area contributed by atoms with Crippen LogP contribution >= 0.6 is 0 Å². The first kappa shape index (κ1) is 22.0. The van der Waals surface area contributed by atoms with Crippen molar-refractivity contribution in [3.05, 3.63) is 48.1 Å². The quantitative estimate of drug-likeness (QED) is 0.387. The summed E-state index contributed by atoms with van der Waals surface area (Å²) in [5, 5.41) is 9.20. The van der Waals surface area contributed by atoms with Crippen LogP contribution in [0.2, 0.25) is 0 Å². The van der Waals surface area contributed by atoms with Crippen LogP contribution in [-0.4, -0.2) is 49.8 Å². The predicted molar refractivity (Wildman–Crippen MR) is 113 cm³/mol. The summed E-state index contributed by atoms with van der Waals surface area (Å²) in [6.07, 6.45) is 1.03. The number of carbonyl (C=O) groups excluding carboxylic acids is 1. The van der Waals surface area contributed by atoms with Crippen LogP contribution < -0.4 is 15.1 Å². The van der Waals surface area contributed by atoms with Gasteiger partial charge in [0.25, 0.3) is 10.0 Å². The minimum Gasteiger partial charge on any atom is -0.451 e. The highest BCUT2D eigenvalue weighted by atomic mass is 32.2. The fourth-order valence-corrected chi connectivity index (χ4v) is 4.57. The number of benzene rings is 1. The molecule has 170 valence electrons. The van der Waals surface area contributed by atoms with Crippen LogP contribution in [0.1, 0.15) is 24.4 Å². The van der Waals surface area contributed by atoms with Crippen molar-refractivity contribution in [2.45, 2.75) is 24.3 Å². The number of halogens is 1. The normalized spacial score (nSPS) is 16.2. The number of ether oxygens (including phenoxy) is 1. The lowest BCUT2D eigenvalue weighted by molar-refractivity contribution is -0.0278. The zero-order valence-corrected chi connectivity index (χ0v) is 18.1. The number of anilines is 2. The van der Waals surface area contributed by atoms with Crippen molar-refractivity contribution in [2.24, 2.45) is 0 Å². The average molecular weight is 464 g/mol. The van der Waals surface area contributed by atoms with E-state index in [0.717, 1.165) is 12.3 Å². The number of nitrogens with zero attached hydrogens (tertiary/aromatic N) is 2. The Bertz CT molecular complexity index is 1290. The molecule has 1 aliphatic rings. The Balaban J connectivity index is 1.67. The Hall–Kier alpha value is -3.22. The number of rotatable bonds is 5. The number of aromatic nitrogens is 1. The lowest BCUT2D eigenvalue weighted by atomic mass is 10.1. The Labute approximate surface area is 183 Å². The summed E-state index contributed by atoms with van der Waals surface area (Å²) in [6, 6.07) is 6.44. The molecule has 10 nitrogen and oxygen atoms in total. The summed E-state index contributed by atoms with van der Waals surface area (Å²) in [4.78, 5) is 17.3. The van der Waals surface area contributed by atoms with E-state index in [0.29, 0.717) is 25.1 Å². The molecule has 0 radical (unpaired) electrons. The first-order chi connectivity index (χ1) is 15.1. The summed E-state index contributed by atoms with van der Waals surface area (Å²) in [5.41, 5.74) is 1.08. The number of nitrogens with one attached hydrogen (secondary N) is 2. The minimum absolute atomic E-state index is 0.0115. The fourth-order valence-electron chi connectivity index (χ4n) is 3.51. The largest absolute Gasteiger partial charge is 0.451 e. The lowest BCUT2D eigenvalue weighted by Gasteiger charge is -2.39. The van der Waals surface area contributed by atoms with Crippen molar-refractivity contribution >= 4 is 38.4 Å². The summed E-state index contributed by atoms with van der Waals surface area (Å²) < 4.78 is 53.4. The van der Waals surface area contributed by atoms with Crippen molar-refractivity contribution in [2.75, 3.05) is 29.3 Å². The van der Waals surface area contributed by atoms with Gasteiger partial charge < -0.3 is 14.1 Å². The number of morpholine rings is 1. The van der Waals surface area contributed by atoms with E-state index in [4.69, 9.17) is 14.4 Å². The van der Waals surface area contributed by atoms with E-state index in [2.05, 4.69) is 9.71 Å². The molecule has 0 atom stereocenters. The summed E-state index contributed by atoms with van der Waals surface area (Å²) >= 11 is 0. The van der Waals surface area contributed by atoms with Crippen LogP contribution in [0.25, 0.3) is 11.0 Å². The maximum absolute atomic E-state index is 14.0. The molecule has 3 heterocycles. The van der Waals surface area contributed by atoms with Crippen LogP contribution in [-0.2, 0) is 14.8 Å². The van der Waals surface area contributed by atoms with Gasteiger partial charge in [0.1, 0.15) is 11.4 Å². The van der Waals surface area contributed by atoms with Crippen LogP contribution in [0.3, 0.4) is 0 Å². The third-order valence-corrected chi connectivity index (χ3v) is 6.29. The number of hydrogen-bond acceptors (Lipinski definition) is 8. The summed E-state index contributed by atoms with van der Waals surface area (Å²) in [7, 11) is -4.15. The Morgan fingerprint density at radius 3 is 2.78 bits per heavy atom. The first-order valence-corrected chi connectivity index (χ1v) is 11.1. The third-order valence-electron chi connectivity index (χ3n) is 4.93. The molecule has 0 bridgehead atoms. The number of pyridine rings is 1. The van der Waals surface area contributed by atoms with Crippen LogP contribution in [0.5, 0.6) is 0 Å². The fraction of sp³-hybridized carbons (Fsp3) is 0.300. The molecule has 4 rings (SSSR count). The monoisotopic (exact) mass is 464 g/mol. The van der Waals surface area contributed by atoms with Gasteiger partial charge >= 0.3 is 5.91 Å². The lowest BCUT2D eigenvalue weighted by Crippen LogP contribution is -2.48. The molecule has 3 N–H and O–H groups in total. The summed E-state index contributed by atoms with van der Waals surface area (Å²) in [6.45, 7) is 5.11. The third kappa shape index (κ3) is 4.38. The van der Waals surface area contributed by atoms with Gasteiger partial charge in [0.05, 0.1) is 29.0 Å². The molecule has 0 spiro atoms. The Kier molecular flexibility index (Phi) is 5.53. The van der Waals surface area contributed by atoms with Gasteiger partial charge in [-0.3, -0.25) is 14.7 Å². The number of carbonyl (C=O) groups is 1. The number of fused-ring (bicyclic) bond motifs is 1. The highest BCUT2D eigenvalue weighted by Crippen LogP contribution is 2.31. The molecule has 1 aliphatic heterocycles. The second-order valence-electron chi connectivity index (χ2n) is 7.91. The van der Waals surface area contributed by atoms with E-state index in [9.17, 15) is 17.6 Å². The second-order valence-corrected chi connectivity index (χ2v) is 9.59. The molecule has 1 fully saturated rings. The van der Waals surface area contributed by atoms with E-state index >= 15 is 0 Å². The topological polar surface area (TPSA) is 134 Å². The van der Waals surface area contributed by atoms with Crippen molar-refractivity contribution in [1.29, 1.82) is 0 Å². The van der Waals surface area contributed by atoms with Gasteiger partial charge in [0, 0.05) is 30.6 Å². The maximum atomic E-state index is 14.0. The van der Waals surface area contributed by atoms with Gasteiger partial charge in [-0.15, -0.1) is 0 Å². The molecule has 0 unspecified atom stereocenters. The zero-order valence-electron chi connectivity index (χ0n) is 17.3. The van der Waals surface area contributed by atoms with Gasteiger partial charge in [-0.25, -0.2) is 23.3 Å². The molecule has 1 saturated heterocycles. The number of hydroxylamine groups is 1.